The zero-order valence-electron chi connectivity index (χ0n) is 12.8. The van der Waals surface area contributed by atoms with Crippen LogP contribution in [0.25, 0.3) is 0 Å². The summed E-state index contributed by atoms with van der Waals surface area (Å²) in [6.07, 6.45) is 1.67. The molecule has 1 aliphatic heterocycles. The van der Waals surface area contributed by atoms with Crippen LogP contribution in [-0.4, -0.2) is 29.0 Å². The summed E-state index contributed by atoms with van der Waals surface area (Å²) in [4.78, 5) is 15.3. The number of thiophene rings is 1. The van der Waals surface area contributed by atoms with Crippen LogP contribution in [0.15, 0.2) is 41.8 Å². The molecule has 0 radical (unpaired) electrons. The smallest absolute Gasteiger partial charge is 0.227 e. The Morgan fingerprint density at radius 3 is 2.57 bits per heavy atom. The van der Waals surface area contributed by atoms with E-state index in [-0.39, 0.29) is 11.8 Å². The lowest BCUT2D eigenvalue weighted by atomic mass is 9.87. The van der Waals surface area contributed by atoms with Crippen molar-refractivity contribution in [3.05, 3.63) is 57.2 Å². The SMILES string of the molecule is O=C(Cc1cccs1)N1CCC([C@H](O)c2ccc(Cl)cc2)CC1. The highest BCUT2D eigenvalue weighted by atomic mass is 35.5. The number of halogens is 1. The molecule has 1 N–H and O–H groups in total. The third-order valence-corrected chi connectivity index (χ3v) is 5.58. The quantitative estimate of drug-likeness (QED) is 0.908. The van der Waals surface area contributed by atoms with E-state index in [0.29, 0.717) is 11.4 Å². The first-order chi connectivity index (χ1) is 11.1. The molecule has 0 bridgehead atoms. The summed E-state index contributed by atoms with van der Waals surface area (Å²) in [6.45, 7) is 1.44. The highest BCUT2D eigenvalue weighted by Gasteiger charge is 2.28. The van der Waals surface area contributed by atoms with Gasteiger partial charge in [-0.15, -0.1) is 11.3 Å². The van der Waals surface area contributed by atoms with Gasteiger partial charge in [0.25, 0.3) is 0 Å². The lowest BCUT2D eigenvalue weighted by molar-refractivity contribution is -0.132. The summed E-state index contributed by atoms with van der Waals surface area (Å²) in [7, 11) is 0. The van der Waals surface area contributed by atoms with Crippen LogP contribution in [0.1, 0.15) is 29.4 Å². The van der Waals surface area contributed by atoms with E-state index in [1.807, 2.05) is 34.5 Å². The fourth-order valence-electron chi connectivity index (χ4n) is 3.07. The summed E-state index contributed by atoms with van der Waals surface area (Å²) in [5.41, 5.74) is 0.901. The van der Waals surface area contributed by atoms with Crippen LogP contribution in [0.5, 0.6) is 0 Å². The molecule has 1 aliphatic rings. The number of likely N-dealkylation sites (tertiary alicyclic amines) is 1. The minimum atomic E-state index is -0.484. The molecule has 0 spiro atoms. The summed E-state index contributed by atoms with van der Waals surface area (Å²) in [5.74, 6) is 0.383. The van der Waals surface area contributed by atoms with Gasteiger partial charge < -0.3 is 10.0 Å². The van der Waals surface area contributed by atoms with Crippen molar-refractivity contribution in [2.75, 3.05) is 13.1 Å². The van der Waals surface area contributed by atoms with Crippen LogP contribution >= 0.6 is 22.9 Å². The number of hydrogen-bond donors (Lipinski definition) is 1. The molecule has 5 heteroatoms. The number of aliphatic hydroxyl groups is 1. The van der Waals surface area contributed by atoms with Gasteiger partial charge in [0.15, 0.2) is 0 Å². The van der Waals surface area contributed by atoms with Crippen LogP contribution < -0.4 is 0 Å². The first kappa shape index (κ1) is 16.5. The van der Waals surface area contributed by atoms with E-state index < -0.39 is 6.10 Å². The number of nitrogens with zero attached hydrogens (tertiary/aromatic N) is 1. The maximum Gasteiger partial charge on any atom is 0.227 e. The predicted molar refractivity (Wildman–Crippen MR) is 93.7 cm³/mol. The second kappa shape index (κ2) is 7.47. The van der Waals surface area contributed by atoms with E-state index in [1.165, 1.54) is 0 Å². The Kier molecular flexibility index (Phi) is 5.36. The second-order valence-electron chi connectivity index (χ2n) is 5.97. The van der Waals surface area contributed by atoms with Gasteiger partial charge in [0.05, 0.1) is 12.5 Å². The minimum Gasteiger partial charge on any atom is -0.388 e. The van der Waals surface area contributed by atoms with Gasteiger partial charge in [-0.25, -0.2) is 0 Å². The lowest BCUT2D eigenvalue weighted by Gasteiger charge is -2.34. The Bertz CT molecular complexity index is 634. The fraction of sp³-hybridized carbons (Fsp3) is 0.389. The van der Waals surface area contributed by atoms with Gasteiger partial charge in [-0.1, -0.05) is 29.8 Å². The van der Waals surface area contributed by atoms with Gasteiger partial charge in [0, 0.05) is 23.0 Å². The summed E-state index contributed by atoms with van der Waals surface area (Å²) < 4.78 is 0. The molecular formula is C18H20ClNO2S. The lowest BCUT2D eigenvalue weighted by Crippen LogP contribution is -2.40. The Morgan fingerprint density at radius 1 is 1.26 bits per heavy atom. The molecule has 0 unspecified atom stereocenters. The van der Waals surface area contributed by atoms with Crippen LogP contribution in [0.4, 0.5) is 0 Å². The van der Waals surface area contributed by atoms with Crippen LogP contribution in [0, 0.1) is 5.92 Å². The first-order valence-corrected chi connectivity index (χ1v) is 9.13. The Labute approximate surface area is 145 Å². The van der Waals surface area contributed by atoms with Crippen molar-refractivity contribution in [3.8, 4) is 0 Å². The molecule has 1 fully saturated rings. The van der Waals surface area contributed by atoms with E-state index in [0.717, 1.165) is 36.4 Å². The number of amides is 1. The molecule has 0 aliphatic carbocycles. The summed E-state index contributed by atoms with van der Waals surface area (Å²) >= 11 is 7.51. The van der Waals surface area contributed by atoms with Crippen molar-refractivity contribution in [3.63, 3.8) is 0 Å². The molecule has 0 saturated carbocycles. The van der Waals surface area contributed by atoms with Crippen molar-refractivity contribution in [2.45, 2.75) is 25.4 Å². The number of rotatable bonds is 4. The molecule has 23 heavy (non-hydrogen) atoms. The van der Waals surface area contributed by atoms with Crippen LogP contribution in [0.2, 0.25) is 5.02 Å². The van der Waals surface area contributed by atoms with Crippen molar-refractivity contribution in [1.82, 2.24) is 4.90 Å². The van der Waals surface area contributed by atoms with Crippen molar-refractivity contribution in [2.24, 2.45) is 5.92 Å². The molecule has 122 valence electrons. The number of piperidine rings is 1. The van der Waals surface area contributed by atoms with Crippen molar-refractivity contribution >= 4 is 28.8 Å². The van der Waals surface area contributed by atoms with E-state index in [9.17, 15) is 9.90 Å². The molecule has 1 aromatic heterocycles. The fourth-order valence-corrected chi connectivity index (χ4v) is 3.89. The largest absolute Gasteiger partial charge is 0.388 e. The van der Waals surface area contributed by atoms with Crippen LogP contribution in [-0.2, 0) is 11.2 Å². The predicted octanol–water partition coefficient (Wildman–Crippen LogP) is 3.92. The van der Waals surface area contributed by atoms with E-state index in [1.54, 1.807) is 23.5 Å². The number of benzene rings is 1. The van der Waals surface area contributed by atoms with E-state index in [4.69, 9.17) is 11.6 Å². The average molecular weight is 350 g/mol. The molecule has 2 heterocycles. The summed E-state index contributed by atoms with van der Waals surface area (Å²) in [6, 6.07) is 11.3. The van der Waals surface area contributed by atoms with Crippen molar-refractivity contribution < 1.29 is 9.90 Å². The Hall–Kier alpha value is -1.36. The van der Waals surface area contributed by atoms with Crippen molar-refractivity contribution in [1.29, 1.82) is 0 Å². The Balaban J connectivity index is 1.53. The monoisotopic (exact) mass is 349 g/mol. The molecule has 1 aromatic carbocycles. The maximum atomic E-state index is 12.3. The molecule has 3 nitrogen and oxygen atoms in total. The van der Waals surface area contributed by atoms with Gasteiger partial charge in [-0.3, -0.25) is 4.79 Å². The standard InChI is InChI=1S/C18H20ClNO2S/c19-15-5-3-13(4-6-15)18(22)14-7-9-20(10-8-14)17(21)12-16-2-1-11-23-16/h1-6,11,14,18,22H,7-10,12H2/t18-/m1/s1. The van der Waals surface area contributed by atoms with Gasteiger partial charge in [-0.05, 0) is 47.9 Å². The molecule has 1 atom stereocenters. The molecule has 1 saturated heterocycles. The summed E-state index contributed by atoms with van der Waals surface area (Å²) in [5, 5.41) is 13.2. The number of carbonyl (C=O) groups is 1. The Morgan fingerprint density at radius 2 is 1.96 bits per heavy atom. The molecule has 3 rings (SSSR count). The topological polar surface area (TPSA) is 40.5 Å². The number of aliphatic hydroxyl groups excluding tert-OH is 1. The van der Waals surface area contributed by atoms with E-state index >= 15 is 0 Å². The van der Waals surface area contributed by atoms with Gasteiger partial charge in [0.1, 0.15) is 0 Å². The number of carbonyl (C=O) groups excluding carboxylic acids is 1. The zero-order chi connectivity index (χ0) is 16.2. The molecular weight excluding hydrogens is 330 g/mol. The van der Waals surface area contributed by atoms with Crippen LogP contribution in [0.3, 0.4) is 0 Å². The third-order valence-electron chi connectivity index (χ3n) is 4.46. The zero-order valence-corrected chi connectivity index (χ0v) is 14.4. The van der Waals surface area contributed by atoms with Gasteiger partial charge >= 0.3 is 0 Å². The van der Waals surface area contributed by atoms with Gasteiger partial charge in [0.2, 0.25) is 5.91 Å². The van der Waals surface area contributed by atoms with Gasteiger partial charge in [-0.2, -0.15) is 0 Å². The normalized spacial score (nSPS) is 17.2. The van der Waals surface area contributed by atoms with E-state index in [2.05, 4.69) is 0 Å². The molecule has 2 aromatic rings. The molecule has 1 amide bonds. The average Bonchev–Trinajstić information content (AvgIpc) is 3.08. The highest BCUT2D eigenvalue weighted by molar-refractivity contribution is 7.10. The number of hydrogen-bond acceptors (Lipinski definition) is 3. The second-order valence-corrected chi connectivity index (χ2v) is 7.44. The maximum absolute atomic E-state index is 12.3. The minimum absolute atomic E-state index is 0.187. The first-order valence-electron chi connectivity index (χ1n) is 7.87. The third kappa shape index (κ3) is 4.14. The highest BCUT2D eigenvalue weighted by Crippen LogP contribution is 2.31.